The maximum Gasteiger partial charge on any atom is 0.326 e. The van der Waals surface area contributed by atoms with Crippen LogP contribution in [0.1, 0.15) is 74.2 Å². The van der Waals surface area contributed by atoms with Gasteiger partial charge in [0.25, 0.3) is 0 Å². The van der Waals surface area contributed by atoms with Gasteiger partial charge in [-0.25, -0.2) is 4.79 Å². The van der Waals surface area contributed by atoms with E-state index in [0.717, 1.165) is 24.8 Å². The van der Waals surface area contributed by atoms with Gasteiger partial charge in [-0.05, 0) is 91.9 Å². The molecule has 1 heterocycles. The van der Waals surface area contributed by atoms with E-state index in [2.05, 4.69) is 0 Å². The molecular weight excluding hydrogens is 520 g/mol. The number of ether oxygens (including phenoxy) is 1. The molecule has 0 aromatic heterocycles. The third kappa shape index (κ3) is 5.13. The van der Waals surface area contributed by atoms with Crippen LogP contribution in [0.2, 0.25) is 0 Å². The normalized spacial score (nSPS) is 30.8. The summed E-state index contributed by atoms with van der Waals surface area (Å²) in [7, 11) is 1.49. The summed E-state index contributed by atoms with van der Waals surface area (Å²) >= 11 is 0. The summed E-state index contributed by atoms with van der Waals surface area (Å²) in [6, 6.07) is 12.1. The van der Waals surface area contributed by atoms with Crippen LogP contribution >= 0.6 is 0 Å². The largest absolute Gasteiger partial charge is 0.497 e. The molecule has 4 saturated carbocycles. The topological polar surface area (TPSA) is 104 Å². The fraction of sp³-hybridized carbons (Fsp3) is 0.515. The van der Waals surface area contributed by atoms with Crippen LogP contribution in [0.15, 0.2) is 48.5 Å². The highest BCUT2D eigenvalue weighted by Gasteiger charge is 2.54. The smallest absolute Gasteiger partial charge is 0.326 e. The lowest BCUT2D eigenvalue weighted by molar-refractivity contribution is -0.156. The monoisotopic (exact) mass is 558 g/mol. The molecule has 2 amide bonds. The molecule has 4 bridgehead atoms. The maximum absolute atomic E-state index is 14.9. The number of carbonyl (C=O) groups is 4. The molecule has 0 spiro atoms. The Balaban J connectivity index is 1.50. The number of amides is 2. The lowest BCUT2D eigenvalue weighted by Gasteiger charge is -2.58. The number of aliphatic carboxylic acids is 1. The Morgan fingerprint density at radius 3 is 2.17 bits per heavy atom. The first-order valence-corrected chi connectivity index (χ1v) is 14.7. The summed E-state index contributed by atoms with van der Waals surface area (Å²) in [6.45, 7) is 1.50. The number of methoxy groups -OCH3 is 1. The summed E-state index contributed by atoms with van der Waals surface area (Å²) < 4.78 is 5.39. The van der Waals surface area contributed by atoms with Crippen molar-refractivity contribution in [1.82, 2.24) is 4.90 Å². The number of carbonyl (C=O) groups excluding carboxylic acids is 3. The number of fused-ring (bicyclic) bond motifs is 1. The van der Waals surface area contributed by atoms with Crippen LogP contribution in [0.25, 0.3) is 0 Å². The van der Waals surface area contributed by atoms with Gasteiger partial charge in [0.05, 0.1) is 19.3 Å². The zero-order chi connectivity index (χ0) is 28.9. The molecule has 2 atom stereocenters. The molecule has 0 unspecified atom stereocenters. The third-order valence-corrected chi connectivity index (χ3v) is 10.0. The number of hydrogen-bond donors (Lipinski definition) is 1. The van der Waals surface area contributed by atoms with Gasteiger partial charge in [0, 0.05) is 18.9 Å². The van der Waals surface area contributed by atoms with Gasteiger partial charge in [-0.3, -0.25) is 14.4 Å². The number of carboxylic acids is 1. The number of anilines is 1. The Bertz CT molecular complexity index is 1340. The second-order valence-corrected chi connectivity index (χ2v) is 12.8. The highest BCUT2D eigenvalue weighted by atomic mass is 16.5. The van der Waals surface area contributed by atoms with E-state index in [1.54, 1.807) is 23.1 Å². The van der Waals surface area contributed by atoms with Crippen molar-refractivity contribution in [2.45, 2.75) is 76.9 Å². The van der Waals surface area contributed by atoms with Gasteiger partial charge in [-0.2, -0.15) is 0 Å². The Labute approximate surface area is 240 Å². The second kappa shape index (κ2) is 10.6. The lowest BCUT2D eigenvalue weighted by Crippen LogP contribution is -2.59. The zero-order valence-corrected chi connectivity index (χ0v) is 23.8. The van der Waals surface area contributed by atoms with Crippen LogP contribution in [0, 0.1) is 23.2 Å². The Morgan fingerprint density at radius 1 is 0.976 bits per heavy atom. The fourth-order valence-corrected chi connectivity index (χ4v) is 8.83. The minimum absolute atomic E-state index is 0.106. The van der Waals surface area contributed by atoms with E-state index in [4.69, 9.17) is 4.74 Å². The van der Waals surface area contributed by atoms with E-state index in [-0.39, 0.29) is 23.4 Å². The predicted octanol–water partition coefficient (Wildman–Crippen LogP) is 5.09. The van der Waals surface area contributed by atoms with E-state index < -0.39 is 36.2 Å². The van der Waals surface area contributed by atoms with Crippen LogP contribution in [0.5, 0.6) is 5.75 Å². The number of carboxylic acid groups (broad SMARTS) is 1. The van der Waals surface area contributed by atoms with E-state index in [1.807, 2.05) is 30.3 Å². The minimum Gasteiger partial charge on any atom is -0.497 e. The first-order chi connectivity index (χ1) is 19.7. The van der Waals surface area contributed by atoms with Gasteiger partial charge in [0.2, 0.25) is 11.8 Å². The number of hydrogen-bond acceptors (Lipinski definition) is 5. The van der Waals surface area contributed by atoms with Crippen molar-refractivity contribution in [3.05, 3.63) is 59.7 Å². The molecule has 0 saturated heterocycles. The molecule has 1 aliphatic heterocycles. The summed E-state index contributed by atoms with van der Waals surface area (Å²) in [6.07, 6.45) is 6.73. The number of rotatable bonds is 6. The quantitative estimate of drug-likeness (QED) is 0.530. The van der Waals surface area contributed by atoms with Gasteiger partial charge in [0.15, 0.2) is 5.78 Å². The van der Waals surface area contributed by atoms with Gasteiger partial charge in [-0.1, -0.05) is 30.3 Å². The summed E-state index contributed by atoms with van der Waals surface area (Å²) in [4.78, 5) is 57.5. The molecule has 2 aromatic carbocycles. The zero-order valence-electron chi connectivity index (χ0n) is 23.8. The van der Waals surface area contributed by atoms with Crippen molar-refractivity contribution >= 4 is 29.3 Å². The summed E-state index contributed by atoms with van der Waals surface area (Å²) in [5, 5.41) is 10.4. The van der Waals surface area contributed by atoms with Crippen molar-refractivity contribution in [2.75, 3.05) is 12.0 Å². The number of Topliss-reactive ketones (excluding diaryl/α,β-unsaturated/α-hetero) is 1. The average molecular weight is 559 g/mol. The van der Waals surface area contributed by atoms with Crippen molar-refractivity contribution in [1.29, 1.82) is 0 Å². The Kier molecular flexibility index (Phi) is 7.12. The van der Waals surface area contributed by atoms with Crippen LogP contribution in [-0.2, 0) is 20.9 Å². The SMILES string of the molecule is COc1ccc2c(c1)C(=O)C[C@@H](C(=O)O)N(C(C)=O)[C@H](CC13CC4CC(CC(C4)C1)C3)C(=O)N2Cc1ccccc1. The Hall–Kier alpha value is -3.68. The molecule has 0 radical (unpaired) electrons. The third-order valence-electron chi connectivity index (χ3n) is 10.0. The average Bonchev–Trinajstić information content (AvgIpc) is 2.96. The molecule has 8 nitrogen and oxygen atoms in total. The molecule has 8 heteroatoms. The molecule has 216 valence electrons. The van der Waals surface area contributed by atoms with Crippen LogP contribution < -0.4 is 9.64 Å². The van der Waals surface area contributed by atoms with Gasteiger partial charge in [0.1, 0.15) is 17.8 Å². The van der Waals surface area contributed by atoms with Crippen molar-refractivity contribution < 1.29 is 29.0 Å². The van der Waals surface area contributed by atoms with Gasteiger partial charge >= 0.3 is 5.97 Å². The highest BCUT2D eigenvalue weighted by molar-refractivity contribution is 6.10. The molecule has 41 heavy (non-hydrogen) atoms. The second-order valence-electron chi connectivity index (χ2n) is 12.8. The van der Waals surface area contributed by atoms with E-state index in [9.17, 15) is 24.3 Å². The van der Waals surface area contributed by atoms with Gasteiger partial charge in [-0.15, -0.1) is 0 Å². The molecule has 2 aromatic rings. The Morgan fingerprint density at radius 2 is 1.61 bits per heavy atom. The molecule has 5 aliphatic rings. The van der Waals surface area contributed by atoms with Gasteiger partial charge < -0.3 is 19.6 Å². The molecule has 1 N–H and O–H groups in total. The predicted molar refractivity (Wildman–Crippen MR) is 153 cm³/mol. The summed E-state index contributed by atoms with van der Waals surface area (Å²) in [5.41, 5.74) is 1.39. The van der Waals surface area contributed by atoms with Crippen LogP contribution in [-0.4, -0.2) is 52.8 Å². The molecule has 7 rings (SSSR count). The fourth-order valence-electron chi connectivity index (χ4n) is 8.83. The standard InChI is InChI=1S/C33H38N2O6/c1-20(36)35-28(32(39)40)14-30(37)26-13-25(41-2)8-9-27(26)34(19-21-6-4-3-5-7-21)31(38)29(35)18-33-15-22-10-23(16-33)12-24(11-22)17-33/h3-9,13,22-24,28-29H,10-12,14-19H2,1-2H3,(H,39,40)/t22?,23?,24?,28-,29+,33?/m0/s1. The van der Waals surface area contributed by atoms with E-state index >= 15 is 0 Å². The highest BCUT2D eigenvalue weighted by Crippen LogP contribution is 2.62. The lowest BCUT2D eigenvalue weighted by atomic mass is 9.48. The number of benzene rings is 2. The number of ketones is 1. The first-order valence-electron chi connectivity index (χ1n) is 14.7. The molecule has 4 aliphatic carbocycles. The molecular formula is C33H38N2O6. The summed E-state index contributed by atoms with van der Waals surface area (Å²) in [5.74, 6) is -0.249. The van der Waals surface area contributed by atoms with Crippen molar-refractivity contribution in [2.24, 2.45) is 23.2 Å². The van der Waals surface area contributed by atoms with Crippen LogP contribution in [0.3, 0.4) is 0 Å². The first kappa shape index (κ1) is 27.5. The number of nitrogens with zero attached hydrogens (tertiary/aromatic N) is 2. The molecule has 4 fully saturated rings. The van der Waals surface area contributed by atoms with Crippen molar-refractivity contribution in [3.63, 3.8) is 0 Å². The maximum atomic E-state index is 14.9. The van der Waals surface area contributed by atoms with Crippen molar-refractivity contribution in [3.8, 4) is 5.75 Å². The van der Waals surface area contributed by atoms with E-state index in [0.29, 0.717) is 35.6 Å². The minimum atomic E-state index is -1.45. The van der Waals surface area contributed by atoms with Crippen LogP contribution in [0.4, 0.5) is 5.69 Å². The van der Waals surface area contributed by atoms with E-state index in [1.165, 1.54) is 38.2 Å².